The van der Waals surface area contributed by atoms with Gasteiger partial charge in [0.25, 0.3) is 5.69 Å². The van der Waals surface area contributed by atoms with E-state index in [1.54, 1.807) is 0 Å². The van der Waals surface area contributed by atoms with Crippen molar-refractivity contribution in [3.8, 4) is 23.0 Å². The van der Waals surface area contributed by atoms with Crippen LogP contribution in [-0.2, 0) is 4.79 Å². The quantitative estimate of drug-likeness (QED) is 0.268. The molecule has 2 rings (SSSR count). The summed E-state index contributed by atoms with van der Waals surface area (Å²) in [6, 6.07) is 6.81. The molecule has 0 heterocycles. The Kier molecular flexibility index (Phi) is 7.34. The van der Waals surface area contributed by atoms with Crippen molar-refractivity contribution in [1.82, 2.24) is 0 Å². The fraction of sp³-hybridized carbons (Fsp3) is 0.200. The number of benzene rings is 2. The zero-order chi connectivity index (χ0) is 22.3. The zero-order valence-corrected chi connectivity index (χ0v) is 16.4. The molecule has 1 N–H and O–H groups in total. The number of carbonyl (C=O) groups excluding carboxylic acids is 1. The average molecular weight is 417 g/mol. The molecule has 0 aromatic heterocycles. The third kappa shape index (κ3) is 5.25. The van der Waals surface area contributed by atoms with Gasteiger partial charge in [0, 0.05) is 5.56 Å². The first-order valence-corrected chi connectivity index (χ1v) is 8.46. The number of ether oxygens (including phenoxy) is 4. The van der Waals surface area contributed by atoms with E-state index in [4.69, 9.17) is 24.1 Å². The van der Waals surface area contributed by atoms with Crippen LogP contribution in [0.15, 0.2) is 36.4 Å². The molecule has 0 radical (unpaired) electrons. The molecule has 0 saturated heterocycles. The topological polar surface area (TPSA) is 134 Å². The highest BCUT2D eigenvalue weighted by Gasteiger charge is 2.18. The van der Waals surface area contributed by atoms with Crippen LogP contribution in [0.1, 0.15) is 15.9 Å². The number of nitro benzene ring substituents is 1. The summed E-state index contributed by atoms with van der Waals surface area (Å²) >= 11 is 0. The summed E-state index contributed by atoms with van der Waals surface area (Å²) in [6.45, 7) is -0.563. The number of ketones is 1. The van der Waals surface area contributed by atoms with Crippen molar-refractivity contribution in [2.75, 3.05) is 27.9 Å². The fourth-order valence-electron chi connectivity index (χ4n) is 2.52. The van der Waals surface area contributed by atoms with Gasteiger partial charge < -0.3 is 24.1 Å². The number of carboxylic acid groups (broad SMARTS) is 1. The van der Waals surface area contributed by atoms with Crippen LogP contribution in [0.3, 0.4) is 0 Å². The largest absolute Gasteiger partial charge is 0.493 e. The highest BCUT2D eigenvalue weighted by atomic mass is 16.6. The highest BCUT2D eigenvalue weighted by Crippen LogP contribution is 2.35. The van der Waals surface area contributed by atoms with Crippen LogP contribution in [-0.4, -0.2) is 49.7 Å². The van der Waals surface area contributed by atoms with Crippen LogP contribution in [0.2, 0.25) is 0 Å². The van der Waals surface area contributed by atoms with Gasteiger partial charge in [-0.3, -0.25) is 14.9 Å². The molecule has 0 saturated carbocycles. The number of rotatable bonds is 10. The minimum Gasteiger partial charge on any atom is -0.493 e. The molecule has 0 aliphatic rings. The van der Waals surface area contributed by atoms with E-state index in [9.17, 15) is 19.7 Å². The third-order valence-corrected chi connectivity index (χ3v) is 3.94. The van der Waals surface area contributed by atoms with Crippen molar-refractivity contribution in [3.05, 3.63) is 57.6 Å². The molecule has 0 aliphatic heterocycles. The molecule has 158 valence electrons. The van der Waals surface area contributed by atoms with E-state index in [2.05, 4.69) is 0 Å². The van der Waals surface area contributed by atoms with Crippen molar-refractivity contribution >= 4 is 23.5 Å². The summed E-state index contributed by atoms with van der Waals surface area (Å²) in [7, 11) is 4.10. The molecular formula is C20H19NO9. The Hall–Kier alpha value is -4.08. The first-order chi connectivity index (χ1) is 14.3. The number of hydrogen-bond acceptors (Lipinski definition) is 8. The molecule has 0 atom stereocenters. The SMILES string of the molecule is COc1cc(/C=C/C(=O)c2ccc(OCC(=O)O)c(OC)c2)c([N+](=O)[O-])cc1OC. The number of nitrogens with zero attached hydrogens (tertiary/aromatic N) is 1. The summed E-state index contributed by atoms with van der Waals surface area (Å²) in [5.74, 6) is -0.812. The predicted octanol–water partition coefficient (Wildman–Crippen LogP) is 2.98. The molecule has 2 aromatic carbocycles. The lowest BCUT2D eigenvalue weighted by atomic mass is 10.1. The van der Waals surface area contributed by atoms with Gasteiger partial charge in [-0.1, -0.05) is 0 Å². The summed E-state index contributed by atoms with van der Waals surface area (Å²) in [4.78, 5) is 33.9. The average Bonchev–Trinajstić information content (AvgIpc) is 2.74. The molecule has 10 heteroatoms. The van der Waals surface area contributed by atoms with Crippen molar-refractivity contribution in [2.24, 2.45) is 0 Å². The second-order valence-corrected chi connectivity index (χ2v) is 5.77. The zero-order valence-electron chi connectivity index (χ0n) is 16.4. The van der Waals surface area contributed by atoms with Gasteiger partial charge in [0.2, 0.25) is 0 Å². The number of allylic oxidation sites excluding steroid dienone is 1. The van der Waals surface area contributed by atoms with Gasteiger partial charge in [0.1, 0.15) is 0 Å². The van der Waals surface area contributed by atoms with Gasteiger partial charge in [-0.15, -0.1) is 0 Å². The fourth-order valence-corrected chi connectivity index (χ4v) is 2.52. The van der Waals surface area contributed by atoms with Crippen LogP contribution in [0.4, 0.5) is 5.69 Å². The minimum atomic E-state index is -1.16. The summed E-state index contributed by atoms with van der Waals surface area (Å²) < 4.78 is 20.4. The van der Waals surface area contributed by atoms with Crippen LogP contribution < -0.4 is 18.9 Å². The molecule has 0 aliphatic carbocycles. The van der Waals surface area contributed by atoms with Crippen molar-refractivity contribution in [2.45, 2.75) is 0 Å². The van der Waals surface area contributed by atoms with E-state index in [1.807, 2.05) is 0 Å². The molecule has 0 unspecified atom stereocenters. The van der Waals surface area contributed by atoms with Crippen molar-refractivity contribution in [1.29, 1.82) is 0 Å². The van der Waals surface area contributed by atoms with E-state index >= 15 is 0 Å². The van der Waals surface area contributed by atoms with Crippen LogP contribution in [0.25, 0.3) is 6.08 Å². The Labute approximate surface area is 171 Å². The second kappa shape index (κ2) is 9.92. The second-order valence-electron chi connectivity index (χ2n) is 5.77. The Morgan fingerprint density at radius 1 is 1.00 bits per heavy atom. The number of carboxylic acids is 1. The van der Waals surface area contributed by atoms with E-state index in [1.165, 1.54) is 63.8 Å². The van der Waals surface area contributed by atoms with Gasteiger partial charge in [-0.25, -0.2) is 4.79 Å². The van der Waals surface area contributed by atoms with Crippen LogP contribution >= 0.6 is 0 Å². The molecule has 0 fully saturated rings. The smallest absolute Gasteiger partial charge is 0.341 e. The summed E-state index contributed by atoms with van der Waals surface area (Å²) in [5.41, 5.74) is 0.111. The molecule has 0 amide bonds. The number of aliphatic carboxylic acids is 1. The van der Waals surface area contributed by atoms with E-state index < -0.39 is 23.3 Å². The Morgan fingerprint density at radius 2 is 1.60 bits per heavy atom. The standard InChI is InChI=1S/C20H19NO9/c1-27-17-9-13(5-7-16(17)30-11-20(23)24)15(22)6-4-12-8-18(28-2)19(29-3)10-14(12)21(25)26/h4-10H,11H2,1-3H3,(H,23,24)/b6-4+. The number of methoxy groups -OCH3 is 3. The van der Waals surface area contributed by atoms with Gasteiger partial charge in [0.05, 0.1) is 37.9 Å². The third-order valence-electron chi connectivity index (χ3n) is 3.94. The lowest BCUT2D eigenvalue weighted by Gasteiger charge is -2.10. The predicted molar refractivity (Wildman–Crippen MR) is 106 cm³/mol. The minimum absolute atomic E-state index is 0.152. The van der Waals surface area contributed by atoms with Gasteiger partial charge in [0.15, 0.2) is 35.4 Å². The van der Waals surface area contributed by atoms with Crippen molar-refractivity contribution in [3.63, 3.8) is 0 Å². The molecule has 0 spiro atoms. The monoisotopic (exact) mass is 417 g/mol. The molecular weight excluding hydrogens is 398 g/mol. The number of carbonyl (C=O) groups is 2. The van der Waals surface area contributed by atoms with E-state index in [-0.39, 0.29) is 39.8 Å². The highest BCUT2D eigenvalue weighted by molar-refractivity contribution is 6.07. The number of nitro groups is 1. The van der Waals surface area contributed by atoms with Gasteiger partial charge >= 0.3 is 5.97 Å². The maximum atomic E-state index is 12.5. The van der Waals surface area contributed by atoms with Crippen LogP contribution in [0.5, 0.6) is 23.0 Å². The molecule has 0 bridgehead atoms. The lowest BCUT2D eigenvalue weighted by Crippen LogP contribution is -2.10. The molecule has 10 nitrogen and oxygen atoms in total. The number of hydrogen-bond donors (Lipinski definition) is 1. The lowest BCUT2D eigenvalue weighted by molar-refractivity contribution is -0.385. The Bertz CT molecular complexity index is 998. The normalized spacial score (nSPS) is 10.5. The molecule has 30 heavy (non-hydrogen) atoms. The first-order valence-electron chi connectivity index (χ1n) is 8.46. The van der Waals surface area contributed by atoms with E-state index in [0.29, 0.717) is 0 Å². The Balaban J connectivity index is 2.33. The molecule has 2 aromatic rings. The van der Waals surface area contributed by atoms with Crippen LogP contribution in [0, 0.1) is 10.1 Å². The summed E-state index contributed by atoms with van der Waals surface area (Å²) in [6.07, 6.45) is 2.46. The Morgan fingerprint density at radius 3 is 2.17 bits per heavy atom. The van der Waals surface area contributed by atoms with Gasteiger partial charge in [-0.2, -0.15) is 0 Å². The first kappa shape index (κ1) is 22.2. The summed E-state index contributed by atoms with van der Waals surface area (Å²) in [5, 5.41) is 20.1. The maximum absolute atomic E-state index is 12.5. The van der Waals surface area contributed by atoms with Crippen molar-refractivity contribution < 1.29 is 38.6 Å². The maximum Gasteiger partial charge on any atom is 0.341 e. The van der Waals surface area contributed by atoms with E-state index in [0.717, 1.165) is 0 Å². The van der Waals surface area contributed by atoms with Gasteiger partial charge in [-0.05, 0) is 36.4 Å².